The fraction of sp³-hybridized carbons (Fsp3) is 0.333. The van der Waals surface area contributed by atoms with E-state index in [2.05, 4.69) is 46.5 Å². The summed E-state index contributed by atoms with van der Waals surface area (Å²) in [6.07, 6.45) is 2.45. The molecule has 0 amide bonds. The van der Waals surface area contributed by atoms with E-state index in [0.29, 0.717) is 5.92 Å². The molecule has 98 valence electrons. The number of aromatic nitrogens is 2. The van der Waals surface area contributed by atoms with Crippen LogP contribution in [0.5, 0.6) is 0 Å². The smallest absolute Gasteiger partial charge is 0.135 e. The molecule has 19 heavy (non-hydrogen) atoms. The van der Waals surface area contributed by atoms with Crippen LogP contribution in [0.15, 0.2) is 40.3 Å². The van der Waals surface area contributed by atoms with Gasteiger partial charge in [-0.25, -0.2) is 9.97 Å². The van der Waals surface area contributed by atoms with Gasteiger partial charge in [0.25, 0.3) is 0 Å². The highest BCUT2D eigenvalue weighted by Crippen LogP contribution is 2.39. The highest BCUT2D eigenvalue weighted by molar-refractivity contribution is 7.99. The lowest BCUT2D eigenvalue weighted by Crippen LogP contribution is -2.00. The van der Waals surface area contributed by atoms with Crippen molar-refractivity contribution in [2.75, 3.05) is 12.4 Å². The highest BCUT2D eigenvalue weighted by atomic mass is 32.2. The average molecular weight is 271 g/mol. The second-order valence-electron chi connectivity index (χ2n) is 4.89. The van der Waals surface area contributed by atoms with Gasteiger partial charge in [-0.05, 0) is 31.9 Å². The van der Waals surface area contributed by atoms with Gasteiger partial charge in [0.15, 0.2) is 0 Å². The SMILES string of the molecule is CNc1cc(Sc2ccc(C)cc2)nc(C2CC2)n1. The first-order chi connectivity index (χ1) is 9.24. The van der Waals surface area contributed by atoms with Gasteiger partial charge in [0.05, 0.1) is 0 Å². The van der Waals surface area contributed by atoms with E-state index in [4.69, 9.17) is 0 Å². The van der Waals surface area contributed by atoms with E-state index >= 15 is 0 Å². The Kier molecular flexibility index (Phi) is 3.42. The summed E-state index contributed by atoms with van der Waals surface area (Å²) in [5.41, 5.74) is 1.28. The van der Waals surface area contributed by atoms with Gasteiger partial charge < -0.3 is 5.32 Å². The summed E-state index contributed by atoms with van der Waals surface area (Å²) < 4.78 is 0. The number of anilines is 1. The summed E-state index contributed by atoms with van der Waals surface area (Å²) in [4.78, 5) is 10.4. The zero-order valence-electron chi connectivity index (χ0n) is 11.2. The third-order valence-electron chi connectivity index (χ3n) is 3.16. The Bertz CT molecular complexity index is 576. The lowest BCUT2D eigenvalue weighted by molar-refractivity contribution is 0.880. The van der Waals surface area contributed by atoms with E-state index in [0.717, 1.165) is 16.7 Å². The second kappa shape index (κ2) is 5.21. The molecule has 4 heteroatoms. The van der Waals surface area contributed by atoms with Crippen molar-refractivity contribution in [1.82, 2.24) is 9.97 Å². The first kappa shape index (κ1) is 12.5. The molecule has 0 saturated heterocycles. The van der Waals surface area contributed by atoms with Gasteiger partial charge in [0, 0.05) is 23.9 Å². The molecule has 3 rings (SSSR count). The fourth-order valence-corrected chi connectivity index (χ4v) is 2.70. The number of rotatable bonds is 4. The zero-order chi connectivity index (χ0) is 13.2. The summed E-state index contributed by atoms with van der Waals surface area (Å²) in [5, 5.41) is 4.14. The first-order valence-corrected chi connectivity index (χ1v) is 7.37. The maximum Gasteiger partial charge on any atom is 0.135 e. The van der Waals surface area contributed by atoms with Crippen molar-refractivity contribution in [3.05, 3.63) is 41.7 Å². The van der Waals surface area contributed by atoms with Crippen molar-refractivity contribution < 1.29 is 0 Å². The van der Waals surface area contributed by atoms with Gasteiger partial charge >= 0.3 is 0 Å². The molecule has 0 spiro atoms. The number of nitrogens with zero attached hydrogens (tertiary/aromatic N) is 2. The van der Waals surface area contributed by atoms with Crippen LogP contribution in [0.4, 0.5) is 5.82 Å². The van der Waals surface area contributed by atoms with E-state index in [1.165, 1.54) is 23.3 Å². The van der Waals surface area contributed by atoms with E-state index in [9.17, 15) is 0 Å². The number of hydrogen-bond acceptors (Lipinski definition) is 4. The molecule has 1 saturated carbocycles. The minimum atomic E-state index is 0.575. The lowest BCUT2D eigenvalue weighted by Gasteiger charge is -2.07. The van der Waals surface area contributed by atoms with Crippen molar-refractivity contribution in [2.24, 2.45) is 0 Å². The summed E-state index contributed by atoms with van der Waals surface area (Å²) in [6, 6.07) is 10.5. The van der Waals surface area contributed by atoms with Crippen LogP contribution in [0.2, 0.25) is 0 Å². The molecule has 3 nitrogen and oxygen atoms in total. The Morgan fingerprint density at radius 1 is 1.16 bits per heavy atom. The monoisotopic (exact) mass is 271 g/mol. The molecule has 1 heterocycles. The summed E-state index contributed by atoms with van der Waals surface area (Å²) in [5.74, 6) is 2.47. The van der Waals surface area contributed by atoms with Crippen molar-refractivity contribution in [3.8, 4) is 0 Å². The standard InChI is InChI=1S/C15H17N3S/c1-10-3-7-12(8-4-10)19-14-9-13(16-2)17-15(18-14)11-5-6-11/h3-4,7-9,11H,5-6H2,1-2H3,(H,16,17,18). The zero-order valence-corrected chi connectivity index (χ0v) is 12.0. The van der Waals surface area contributed by atoms with Crippen LogP contribution in [0, 0.1) is 6.92 Å². The quantitative estimate of drug-likeness (QED) is 0.857. The predicted octanol–water partition coefficient (Wildman–Crippen LogP) is 3.86. The number of benzene rings is 1. The number of nitrogens with one attached hydrogen (secondary N) is 1. The van der Waals surface area contributed by atoms with Crippen LogP contribution in [0.3, 0.4) is 0 Å². The van der Waals surface area contributed by atoms with Crippen LogP contribution in [-0.4, -0.2) is 17.0 Å². The highest BCUT2D eigenvalue weighted by Gasteiger charge is 2.27. The minimum Gasteiger partial charge on any atom is -0.373 e. The minimum absolute atomic E-state index is 0.575. The lowest BCUT2D eigenvalue weighted by atomic mass is 10.2. The van der Waals surface area contributed by atoms with Crippen molar-refractivity contribution in [3.63, 3.8) is 0 Å². The normalized spacial score (nSPS) is 14.4. The average Bonchev–Trinajstić information content (AvgIpc) is 3.25. The summed E-state index contributed by atoms with van der Waals surface area (Å²) in [7, 11) is 1.90. The predicted molar refractivity (Wildman–Crippen MR) is 78.9 cm³/mol. The van der Waals surface area contributed by atoms with Gasteiger partial charge in [0.1, 0.15) is 16.7 Å². The van der Waals surface area contributed by atoms with Crippen molar-refractivity contribution in [1.29, 1.82) is 0 Å². The molecular weight excluding hydrogens is 254 g/mol. The van der Waals surface area contributed by atoms with Gasteiger partial charge in [-0.15, -0.1) is 0 Å². The molecule has 1 aliphatic rings. The molecule has 2 aromatic rings. The third kappa shape index (κ3) is 3.07. The first-order valence-electron chi connectivity index (χ1n) is 6.56. The molecule has 0 aliphatic heterocycles. The number of aryl methyl sites for hydroxylation is 1. The summed E-state index contributed by atoms with van der Waals surface area (Å²) in [6.45, 7) is 2.10. The van der Waals surface area contributed by atoms with Crippen molar-refractivity contribution >= 4 is 17.6 Å². The molecule has 0 atom stereocenters. The van der Waals surface area contributed by atoms with E-state index in [-0.39, 0.29) is 0 Å². The van der Waals surface area contributed by atoms with Gasteiger partial charge in [0.2, 0.25) is 0 Å². The third-order valence-corrected chi connectivity index (χ3v) is 4.09. The van der Waals surface area contributed by atoms with E-state index < -0.39 is 0 Å². The molecule has 1 aromatic heterocycles. The van der Waals surface area contributed by atoms with Crippen LogP contribution in [0.1, 0.15) is 30.1 Å². The largest absolute Gasteiger partial charge is 0.373 e. The van der Waals surface area contributed by atoms with Gasteiger partial charge in [-0.2, -0.15) is 0 Å². The molecule has 0 bridgehead atoms. The van der Waals surface area contributed by atoms with Gasteiger partial charge in [-0.3, -0.25) is 0 Å². The maximum atomic E-state index is 4.67. The fourth-order valence-electron chi connectivity index (χ4n) is 1.87. The van der Waals surface area contributed by atoms with Crippen LogP contribution in [0.25, 0.3) is 0 Å². The molecule has 1 fully saturated rings. The van der Waals surface area contributed by atoms with E-state index in [1.54, 1.807) is 11.8 Å². The molecule has 1 N–H and O–H groups in total. The molecule has 1 aliphatic carbocycles. The molecule has 0 unspecified atom stereocenters. The van der Waals surface area contributed by atoms with Crippen LogP contribution < -0.4 is 5.32 Å². The Balaban J connectivity index is 1.86. The number of hydrogen-bond donors (Lipinski definition) is 1. The summed E-state index contributed by atoms with van der Waals surface area (Å²) >= 11 is 1.69. The van der Waals surface area contributed by atoms with Crippen LogP contribution >= 0.6 is 11.8 Å². The molecule has 1 aromatic carbocycles. The molecular formula is C15H17N3S. The van der Waals surface area contributed by atoms with Gasteiger partial charge in [-0.1, -0.05) is 29.5 Å². The Labute approximate surface area is 117 Å². The topological polar surface area (TPSA) is 37.8 Å². The van der Waals surface area contributed by atoms with E-state index in [1.807, 2.05) is 13.1 Å². The maximum absolute atomic E-state index is 4.67. The van der Waals surface area contributed by atoms with Crippen LogP contribution in [-0.2, 0) is 0 Å². The molecule has 0 radical (unpaired) electrons. The van der Waals surface area contributed by atoms with Crippen molar-refractivity contribution in [2.45, 2.75) is 35.6 Å². The Morgan fingerprint density at radius 2 is 1.89 bits per heavy atom. The Hall–Kier alpha value is -1.55. The second-order valence-corrected chi connectivity index (χ2v) is 5.98. The Morgan fingerprint density at radius 3 is 2.53 bits per heavy atom.